The number of nitrogens with one attached hydrogen (secondary N) is 1. The summed E-state index contributed by atoms with van der Waals surface area (Å²) in [6.45, 7) is 3.23. The van der Waals surface area contributed by atoms with E-state index in [1.165, 1.54) is 12.8 Å². The van der Waals surface area contributed by atoms with E-state index < -0.39 is 12.5 Å². The zero-order valence-electron chi connectivity index (χ0n) is 13.7. The summed E-state index contributed by atoms with van der Waals surface area (Å²) in [5.74, 6) is 0.492. The van der Waals surface area contributed by atoms with Gasteiger partial charge in [0.2, 0.25) is 0 Å². The molecule has 2 aromatic rings. The smallest absolute Gasteiger partial charge is 0.251 e. The maximum absolute atomic E-state index is 11.7. The van der Waals surface area contributed by atoms with Crippen LogP contribution in [0.5, 0.6) is 0 Å². The number of aromatic nitrogens is 3. The van der Waals surface area contributed by atoms with E-state index in [-0.39, 0.29) is 0 Å². The molecule has 0 aliphatic carbocycles. The highest BCUT2D eigenvalue weighted by Crippen LogP contribution is 2.30. The van der Waals surface area contributed by atoms with Crippen LogP contribution >= 0.6 is 15.9 Å². The van der Waals surface area contributed by atoms with Gasteiger partial charge in [0.1, 0.15) is 12.1 Å². The lowest BCUT2D eigenvalue weighted by atomic mass is 10.1. The molecule has 1 unspecified atom stereocenters. The molecule has 1 amide bonds. The minimum atomic E-state index is -0.591. The maximum atomic E-state index is 11.7. The molecule has 0 saturated carbocycles. The molecule has 0 spiro atoms. The van der Waals surface area contributed by atoms with Gasteiger partial charge < -0.3 is 15.3 Å². The molecule has 0 aromatic carbocycles. The fraction of sp³-hybridized carbons (Fsp3) is 0.500. The van der Waals surface area contributed by atoms with Gasteiger partial charge in [-0.2, -0.15) is 0 Å². The predicted octanol–water partition coefficient (Wildman–Crippen LogP) is 1.00. The van der Waals surface area contributed by atoms with Crippen molar-refractivity contribution in [3.63, 3.8) is 0 Å². The third-order valence-electron chi connectivity index (χ3n) is 4.76. The Morgan fingerprint density at radius 3 is 3.08 bits per heavy atom. The van der Waals surface area contributed by atoms with E-state index in [0.29, 0.717) is 28.8 Å². The van der Waals surface area contributed by atoms with Gasteiger partial charge >= 0.3 is 0 Å². The number of piperazine rings is 1. The van der Waals surface area contributed by atoms with Crippen LogP contribution in [0.3, 0.4) is 0 Å². The lowest BCUT2D eigenvalue weighted by molar-refractivity contribution is -0.118. The van der Waals surface area contributed by atoms with E-state index >= 15 is 0 Å². The first-order chi connectivity index (χ1) is 12.1. The van der Waals surface area contributed by atoms with E-state index in [2.05, 4.69) is 46.0 Å². The summed E-state index contributed by atoms with van der Waals surface area (Å²) in [6, 6.07) is 2.33. The summed E-state index contributed by atoms with van der Waals surface area (Å²) >= 11 is 3.37. The normalized spacial score (nSPS) is 20.7. The van der Waals surface area contributed by atoms with Gasteiger partial charge in [-0.3, -0.25) is 9.69 Å². The fourth-order valence-corrected chi connectivity index (χ4v) is 3.89. The number of aliphatic hydroxyl groups is 1. The molecule has 25 heavy (non-hydrogen) atoms. The molecular formula is C16H19BrN6O2. The molecular weight excluding hydrogens is 388 g/mol. The van der Waals surface area contributed by atoms with Gasteiger partial charge in [0.25, 0.3) is 5.91 Å². The van der Waals surface area contributed by atoms with Crippen molar-refractivity contribution in [2.75, 3.05) is 43.0 Å². The Kier molecular flexibility index (Phi) is 4.53. The number of nitrogens with zero attached hydrogens (tertiary/aromatic N) is 5. The minimum absolute atomic E-state index is 0.373. The van der Waals surface area contributed by atoms with Crippen LogP contribution in [0.1, 0.15) is 12.8 Å². The highest BCUT2D eigenvalue weighted by atomic mass is 79.9. The zero-order chi connectivity index (χ0) is 17.4. The number of hydrogen-bond acceptors (Lipinski definition) is 7. The molecule has 0 radical (unpaired) electrons. The quantitative estimate of drug-likeness (QED) is 0.784. The molecule has 2 fully saturated rings. The Hall–Kier alpha value is -1.84. The number of aliphatic hydroxyl groups excluding tert-OH is 1. The van der Waals surface area contributed by atoms with Crippen LogP contribution in [0.4, 0.5) is 11.6 Å². The molecule has 9 heteroatoms. The number of hydrogen-bond donors (Lipinski definition) is 2. The Labute approximate surface area is 153 Å². The Morgan fingerprint density at radius 2 is 2.24 bits per heavy atom. The number of rotatable bonds is 3. The van der Waals surface area contributed by atoms with E-state index in [4.69, 9.17) is 5.11 Å². The number of pyridine rings is 1. The predicted molar refractivity (Wildman–Crippen MR) is 97.6 cm³/mol. The number of halogens is 1. The maximum Gasteiger partial charge on any atom is 0.251 e. The van der Waals surface area contributed by atoms with Gasteiger partial charge in [-0.1, -0.05) is 0 Å². The molecule has 2 saturated heterocycles. The van der Waals surface area contributed by atoms with Crippen LogP contribution in [0, 0.1) is 0 Å². The van der Waals surface area contributed by atoms with Gasteiger partial charge in [0.15, 0.2) is 17.3 Å². The van der Waals surface area contributed by atoms with Crippen molar-refractivity contribution in [2.45, 2.75) is 18.9 Å². The molecule has 2 aliphatic heterocycles. The van der Waals surface area contributed by atoms with E-state index in [1.807, 2.05) is 6.07 Å². The van der Waals surface area contributed by atoms with Gasteiger partial charge in [-0.05, 0) is 41.4 Å². The van der Waals surface area contributed by atoms with Crippen LogP contribution in [0.2, 0.25) is 0 Å². The first kappa shape index (κ1) is 16.6. The van der Waals surface area contributed by atoms with Crippen molar-refractivity contribution in [3.8, 4) is 0 Å². The van der Waals surface area contributed by atoms with Crippen LogP contribution in [-0.2, 0) is 4.79 Å². The van der Waals surface area contributed by atoms with E-state index in [9.17, 15) is 4.79 Å². The first-order valence-corrected chi connectivity index (χ1v) is 9.16. The van der Waals surface area contributed by atoms with E-state index in [1.54, 1.807) is 6.20 Å². The summed E-state index contributed by atoms with van der Waals surface area (Å²) in [5.41, 5.74) is 1.12. The fourth-order valence-electron chi connectivity index (χ4n) is 3.57. The number of amides is 1. The first-order valence-electron chi connectivity index (χ1n) is 8.37. The second-order valence-corrected chi connectivity index (χ2v) is 7.29. The van der Waals surface area contributed by atoms with Crippen LogP contribution in [-0.4, -0.2) is 69.7 Å². The number of anilines is 2. The van der Waals surface area contributed by atoms with Crippen LogP contribution in [0.15, 0.2) is 16.7 Å². The third kappa shape index (κ3) is 3.31. The Bertz CT molecular complexity index is 817. The van der Waals surface area contributed by atoms with Gasteiger partial charge in [-0.25, -0.2) is 15.0 Å². The lowest BCUT2D eigenvalue weighted by Gasteiger charge is -2.38. The topological polar surface area (TPSA) is 94.5 Å². The molecule has 8 nitrogen and oxygen atoms in total. The van der Waals surface area contributed by atoms with Crippen LogP contribution in [0.25, 0.3) is 11.2 Å². The van der Waals surface area contributed by atoms with Crippen molar-refractivity contribution in [1.82, 2.24) is 19.9 Å². The summed E-state index contributed by atoms with van der Waals surface area (Å²) in [4.78, 5) is 29.9. The monoisotopic (exact) mass is 406 g/mol. The highest BCUT2D eigenvalue weighted by Gasteiger charge is 2.32. The SMILES string of the molecule is O=C(CO)Nc1nc2cc(Br)cnc2nc1N1CCN2CCCC2C1. The largest absolute Gasteiger partial charge is 0.387 e. The average molecular weight is 407 g/mol. The molecule has 2 aliphatic rings. The van der Waals surface area contributed by atoms with Gasteiger partial charge in [0, 0.05) is 36.3 Å². The highest BCUT2D eigenvalue weighted by molar-refractivity contribution is 9.10. The van der Waals surface area contributed by atoms with Gasteiger partial charge in [0.05, 0.1) is 0 Å². The standard InChI is InChI=1S/C16H19BrN6O2/c17-10-6-12-14(18-7-10)21-16(15(19-12)20-13(25)9-24)23-5-4-22-3-1-2-11(22)8-23/h6-7,11,24H,1-5,8-9H2,(H,19,20,25). The lowest BCUT2D eigenvalue weighted by Crippen LogP contribution is -2.50. The minimum Gasteiger partial charge on any atom is -0.387 e. The van der Waals surface area contributed by atoms with Crippen molar-refractivity contribution in [3.05, 3.63) is 16.7 Å². The molecule has 4 heterocycles. The zero-order valence-corrected chi connectivity index (χ0v) is 15.2. The molecule has 4 rings (SSSR count). The average Bonchev–Trinajstić information content (AvgIpc) is 3.08. The molecule has 132 valence electrons. The van der Waals surface area contributed by atoms with Gasteiger partial charge in [-0.15, -0.1) is 0 Å². The second kappa shape index (κ2) is 6.81. The number of fused-ring (bicyclic) bond motifs is 2. The van der Waals surface area contributed by atoms with Crippen LogP contribution < -0.4 is 10.2 Å². The Morgan fingerprint density at radius 1 is 1.36 bits per heavy atom. The summed E-state index contributed by atoms with van der Waals surface area (Å²) in [5, 5.41) is 11.7. The third-order valence-corrected chi connectivity index (χ3v) is 5.19. The van der Waals surface area contributed by atoms with Crippen molar-refractivity contribution in [1.29, 1.82) is 0 Å². The van der Waals surface area contributed by atoms with E-state index in [0.717, 1.165) is 30.7 Å². The van der Waals surface area contributed by atoms with Crippen molar-refractivity contribution in [2.24, 2.45) is 0 Å². The summed E-state index contributed by atoms with van der Waals surface area (Å²) < 4.78 is 0.793. The number of carbonyl (C=O) groups excluding carboxylic acids is 1. The molecule has 2 aromatic heterocycles. The molecule has 1 atom stereocenters. The summed E-state index contributed by atoms with van der Waals surface area (Å²) in [6.07, 6.45) is 4.09. The summed E-state index contributed by atoms with van der Waals surface area (Å²) in [7, 11) is 0. The molecule has 0 bridgehead atoms. The molecule has 2 N–H and O–H groups in total. The number of carbonyl (C=O) groups is 1. The Balaban J connectivity index is 1.73. The second-order valence-electron chi connectivity index (χ2n) is 6.38. The van der Waals surface area contributed by atoms with Crippen molar-refractivity contribution < 1.29 is 9.90 Å². The van der Waals surface area contributed by atoms with Crippen molar-refractivity contribution >= 4 is 44.6 Å².